The zero-order valence-corrected chi connectivity index (χ0v) is 11.7. The largest absolute Gasteiger partial charge is 0.389 e. The van der Waals surface area contributed by atoms with E-state index in [0.29, 0.717) is 13.0 Å². The average molecular weight is 280 g/mol. The van der Waals surface area contributed by atoms with Crippen LogP contribution in [0.4, 0.5) is 13.2 Å². The lowest BCUT2D eigenvalue weighted by molar-refractivity contribution is -0.135. The van der Waals surface area contributed by atoms with Crippen molar-refractivity contribution in [2.24, 2.45) is 0 Å². The molecular formula is C12H19F3N2S. The molecule has 0 saturated heterocycles. The molecule has 104 valence electrons. The van der Waals surface area contributed by atoms with Crippen LogP contribution < -0.4 is 5.32 Å². The van der Waals surface area contributed by atoms with Gasteiger partial charge in [-0.15, -0.1) is 11.3 Å². The molecule has 0 amide bonds. The molecule has 1 aromatic rings. The molecule has 0 fully saturated rings. The second-order valence-corrected chi connectivity index (χ2v) is 5.67. The van der Waals surface area contributed by atoms with E-state index in [1.165, 1.54) is 4.88 Å². The van der Waals surface area contributed by atoms with E-state index in [0.717, 1.165) is 10.7 Å². The molecule has 1 unspecified atom stereocenters. The van der Waals surface area contributed by atoms with Gasteiger partial charge in [0.1, 0.15) is 0 Å². The molecule has 0 saturated carbocycles. The Bertz CT molecular complexity index is 374. The fourth-order valence-corrected chi connectivity index (χ4v) is 2.76. The molecule has 6 heteroatoms. The summed E-state index contributed by atoms with van der Waals surface area (Å²) in [6.45, 7) is 6.54. The van der Waals surface area contributed by atoms with Gasteiger partial charge in [0.2, 0.25) is 0 Å². The monoisotopic (exact) mass is 280 g/mol. The number of aryl methyl sites for hydroxylation is 2. The summed E-state index contributed by atoms with van der Waals surface area (Å²) in [6.07, 6.45) is -4.00. The molecule has 1 rings (SSSR count). The molecule has 0 aliphatic carbocycles. The molecule has 0 aliphatic heterocycles. The molecule has 1 aromatic heterocycles. The van der Waals surface area contributed by atoms with Crippen LogP contribution in [0.25, 0.3) is 0 Å². The Morgan fingerprint density at radius 1 is 1.28 bits per heavy atom. The summed E-state index contributed by atoms with van der Waals surface area (Å²) < 4.78 is 35.8. The lowest BCUT2D eigenvalue weighted by Crippen LogP contribution is -2.20. The second-order valence-electron chi connectivity index (χ2n) is 4.43. The number of nitrogens with one attached hydrogen (secondary N) is 1. The van der Waals surface area contributed by atoms with Crippen molar-refractivity contribution in [1.29, 1.82) is 0 Å². The Hall–Kier alpha value is -0.620. The van der Waals surface area contributed by atoms with Crippen molar-refractivity contribution in [2.75, 3.05) is 6.54 Å². The van der Waals surface area contributed by atoms with Crippen molar-refractivity contribution in [3.8, 4) is 0 Å². The Kier molecular flexibility index (Phi) is 5.59. The molecule has 0 bridgehead atoms. The standard InChI is InChI=1S/C12H19F3N2S/c1-8(11-9(2)17-10(3)18-11)16-7-5-4-6-12(13,14)15/h8,16H,4-7H2,1-3H3. The summed E-state index contributed by atoms with van der Waals surface area (Å²) in [7, 11) is 0. The maximum Gasteiger partial charge on any atom is 0.389 e. The molecule has 0 radical (unpaired) electrons. The van der Waals surface area contributed by atoms with Gasteiger partial charge in [-0.1, -0.05) is 0 Å². The Morgan fingerprint density at radius 2 is 1.94 bits per heavy atom. The highest BCUT2D eigenvalue weighted by molar-refractivity contribution is 7.11. The van der Waals surface area contributed by atoms with E-state index in [1.54, 1.807) is 11.3 Å². The van der Waals surface area contributed by atoms with Crippen molar-refractivity contribution < 1.29 is 13.2 Å². The summed E-state index contributed by atoms with van der Waals surface area (Å²) in [5.74, 6) is 0. The summed E-state index contributed by atoms with van der Waals surface area (Å²) in [5.41, 5.74) is 1.01. The highest BCUT2D eigenvalue weighted by Crippen LogP contribution is 2.25. The number of unbranched alkanes of at least 4 members (excludes halogenated alkanes) is 1. The number of halogens is 3. The molecule has 2 nitrogen and oxygen atoms in total. The number of rotatable bonds is 6. The quantitative estimate of drug-likeness (QED) is 0.792. The van der Waals surface area contributed by atoms with E-state index in [4.69, 9.17) is 0 Å². The maximum absolute atomic E-state index is 11.9. The Morgan fingerprint density at radius 3 is 2.44 bits per heavy atom. The van der Waals surface area contributed by atoms with Crippen molar-refractivity contribution in [2.45, 2.75) is 52.3 Å². The zero-order chi connectivity index (χ0) is 13.8. The van der Waals surface area contributed by atoms with Crippen molar-refractivity contribution in [3.63, 3.8) is 0 Å². The van der Waals surface area contributed by atoms with Crippen LogP contribution in [0.3, 0.4) is 0 Å². The Balaban J connectivity index is 2.26. The maximum atomic E-state index is 11.9. The van der Waals surface area contributed by atoms with Crippen LogP contribution in [0, 0.1) is 13.8 Å². The molecule has 1 N–H and O–H groups in total. The van der Waals surface area contributed by atoms with Gasteiger partial charge >= 0.3 is 6.18 Å². The third-order valence-corrected chi connectivity index (χ3v) is 3.93. The first-order valence-electron chi connectivity index (χ1n) is 6.03. The number of thiazole rings is 1. The first-order chi connectivity index (χ1) is 8.29. The Labute approximate surface area is 110 Å². The van der Waals surface area contributed by atoms with Gasteiger partial charge in [0.15, 0.2) is 0 Å². The van der Waals surface area contributed by atoms with Gasteiger partial charge in [0.25, 0.3) is 0 Å². The number of alkyl halides is 3. The average Bonchev–Trinajstić information content (AvgIpc) is 2.55. The van der Waals surface area contributed by atoms with Gasteiger partial charge in [-0.25, -0.2) is 4.98 Å². The van der Waals surface area contributed by atoms with E-state index in [2.05, 4.69) is 10.3 Å². The normalized spacial score (nSPS) is 13.9. The molecule has 18 heavy (non-hydrogen) atoms. The molecular weight excluding hydrogens is 261 g/mol. The van der Waals surface area contributed by atoms with Crippen molar-refractivity contribution in [1.82, 2.24) is 10.3 Å². The van der Waals surface area contributed by atoms with Gasteiger partial charge in [-0.3, -0.25) is 0 Å². The van der Waals surface area contributed by atoms with Crippen LogP contribution >= 0.6 is 11.3 Å². The first-order valence-corrected chi connectivity index (χ1v) is 6.85. The third kappa shape index (κ3) is 5.35. The van der Waals surface area contributed by atoms with Gasteiger partial charge < -0.3 is 5.32 Å². The number of aromatic nitrogens is 1. The predicted molar refractivity (Wildman–Crippen MR) is 67.9 cm³/mol. The van der Waals surface area contributed by atoms with Crippen molar-refractivity contribution >= 4 is 11.3 Å². The van der Waals surface area contributed by atoms with Crippen molar-refractivity contribution in [3.05, 3.63) is 15.6 Å². The lowest BCUT2D eigenvalue weighted by Gasteiger charge is -2.13. The minimum atomic E-state index is -4.03. The lowest BCUT2D eigenvalue weighted by atomic mass is 10.2. The van der Waals surface area contributed by atoms with Gasteiger partial charge in [-0.05, 0) is 40.2 Å². The van der Waals surface area contributed by atoms with E-state index in [-0.39, 0.29) is 12.5 Å². The third-order valence-electron chi connectivity index (χ3n) is 2.67. The molecule has 0 aromatic carbocycles. The van der Waals surface area contributed by atoms with Crippen LogP contribution in [0.15, 0.2) is 0 Å². The minimum Gasteiger partial charge on any atom is -0.309 e. The summed E-state index contributed by atoms with van der Waals surface area (Å²) in [5, 5.41) is 4.26. The van der Waals surface area contributed by atoms with Crippen LogP contribution in [0.2, 0.25) is 0 Å². The van der Waals surface area contributed by atoms with Gasteiger partial charge in [0.05, 0.1) is 10.7 Å². The number of hydrogen-bond acceptors (Lipinski definition) is 3. The highest BCUT2D eigenvalue weighted by atomic mass is 32.1. The van der Waals surface area contributed by atoms with Crippen LogP contribution in [-0.2, 0) is 0 Å². The van der Waals surface area contributed by atoms with E-state index in [9.17, 15) is 13.2 Å². The van der Waals surface area contributed by atoms with E-state index >= 15 is 0 Å². The summed E-state index contributed by atoms with van der Waals surface area (Å²) in [4.78, 5) is 5.51. The van der Waals surface area contributed by atoms with E-state index < -0.39 is 12.6 Å². The number of nitrogens with zero attached hydrogens (tertiary/aromatic N) is 1. The van der Waals surface area contributed by atoms with Crippen LogP contribution in [-0.4, -0.2) is 17.7 Å². The summed E-state index contributed by atoms with van der Waals surface area (Å²) in [6, 6.07) is 0.155. The molecule has 1 heterocycles. The SMILES string of the molecule is Cc1nc(C)c(C(C)NCCCCC(F)(F)F)s1. The van der Waals surface area contributed by atoms with Crippen LogP contribution in [0.1, 0.15) is 47.8 Å². The fraction of sp³-hybridized carbons (Fsp3) is 0.750. The van der Waals surface area contributed by atoms with Gasteiger partial charge in [0, 0.05) is 17.3 Å². The highest BCUT2D eigenvalue weighted by Gasteiger charge is 2.25. The number of hydrogen-bond donors (Lipinski definition) is 1. The second kappa shape index (κ2) is 6.52. The van der Waals surface area contributed by atoms with Crippen LogP contribution in [0.5, 0.6) is 0 Å². The van der Waals surface area contributed by atoms with E-state index in [1.807, 2.05) is 20.8 Å². The molecule has 0 aliphatic rings. The molecule has 1 atom stereocenters. The smallest absolute Gasteiger partial charge is 0.309 e. The molecule has 0 spiro atoms. The van der Waals surface area contributed by atoms with Gasteiger partial charge in [-0.2, -0.15) is 13.2 Å². The predicted octanol–water partition coefficient (Wildman–Crippen LogP) is 4.14. The topological polar surface area (TPSA) is 24.9 Å². The first kappa shape index (κ1) is 15.4. The minimum absolute atomic E-state index is 0.155. The fourth-order valence-electron chi connectivity index (χ4n) is 1.81. The zero-order valence-electron chi connectivity index (χ0n) is 10.9. The summed E-state index contributed by atoms with van der Waals surface area (Å²) >= 11 is 1.64.